The topological polar surface area (TPSA) is 129 Å². The molecule has 2 amide bonds. The fourth-order valence-corrected chi connectivity index (χ4v) is 2.51. The van der Waals surface area contributed by atoms with Gasteiger partial charge in [0.05, 0.1) is 5.69 Å². The number of aliphatic carboxylic acids is 2. The van der Waals surface area contributed by atoms with Gasteiger partial charge in [-0.15, -0.1) is 11.3 Å². The van der Waals surface area contributed by atoms with Crippen LogP contribution >= 0.6 is 11.3 Å². The molecular weight excluding hydrogens is 298 g/mol. The minimum absolute atomic E-state index is 0.177. The molecule has 4 N–H and O–H groups in total. The van der Waals surface area contributed by atoms with Crippen molar-refractivity contribution in [2.75, 3.05) is 5.32 Å². The molecule has 0 radical (unpaired) electrons. The number of carbonyl (C=O) groups is 3. The average Bonchev–Trinajstić information content (AvgIpc) is 3.15. The number of nitrogens with zero attached hydrogens (tertiary/aromatic N) is 1. The number of hydrogen-bond acceptors (Lipinski definition) is 5. The third-order valence-corrected chi connectivity index (χ3v) is 3.76. The Hall–Kier alpha value is -2.16. The molecule has 0 aliphatic heterocycles. The highest BCUT2D eigenvalue weighted by Crippen LogP contribution is 2.40. The Morgan fingerprint density at radius 1 is 1.38 bits per heavy atom. The first-order chi connectivity index (χ1) is 9.95. The Balaban J connectivity index is 1.85. The van der Waals surface area contributed by atoms with E-state index in [-0.39, 0.29) is 12.8 Å². The van der Waals surface area contributed by atoms with Crippen LogP contribution in [0.4, 0.5) is 9.93 Å². The molecule has 1 aromatic rings. The fraction of sp³-hybridized carbons (Fsp3) is 0.500. The second-order valence-corrected chi connectivity index (χ2v) is 5.63. The second kappa shape index (κ2) is 6.53. The Bertz CT molecular complexity index is 555. The van der Waals surface area contributed by atoms with Crippen molar-refractivity contribution in [2.24, 2.45) is 0 Å². The molecule has 0 saturated heterocycles. The van der Waals surface area contributed by atoms with E-state index in [2.05, 4.69) is 15.6 Å². The molecule has 1 heterocycles. The third-order valence-electron chi connectivity index (χ3n) is 2.99. The Labute approximate surface area is 124 Å². The summed E-state index contributed by atoms with van der Waals surface area (Å²) in [5.41, 5.74) is 0.941. The quantitative estimate of drug-likeness (QED) is 0.603. The summed E-state index contributed by atoms with van der Waals surface area (Å²) >= 11 is 1.28. The normalized spacial score (nSPS) is 15.2. The maximum Gasteiger partial charge on any atom is 0.326 e. The lowest BCUT2D eigenvalue weighted by Crippen LogP contribution is -2.43. The molecule has 0 spiro atoms. The molecule has 2 rings (SSSR count). The summed E-state index contributed by atoms with van der Waals surface area (Å²) in [6.45, 7) is 0. The maximum absolute atomic E-state index is 11.7. The van der Waals surface area contributed by atoms with Crippen molar-refractivity contribution in [1.29, 1.82) is 0 Å². The zero-order chi connectivity index (χ0) is 15.4. The van der Waals surface area contributed by atoms with Gasteiger partial charge in [-0.1, -0.05) is 0 Å². The number of amides is 2. The molecule has 1 atom stereocenters. The summed E-state index contributed by atoms with van der Waals surface area (Å²) in [7, 11) is 0. The predicted octanol–water partition coefficient (Wildman–Crippen LogP) is 1.46. The summed E-state index contributed by atoms with van der Waals surface area (Å²) in [6.07, 6.45) is 1.70. The van der Waals surface area contributed by atoms with Crippen molar-refractivity contribution in [3.8, 4) is 0 Å². The summed E-state index contributed by atoms with van der Waals surface area (Å²) in [4.78, 5) is 37.3. The molecule has 9 heteroatoms. The standard InChI is InChI=1S/C12H15N3O5S/c16-9(17)4-3-7(10(18)19)13-11(20)15-12-14-8(5-21-12)6-1-2-6/h5-7H,1-4H2,(H,16,17)(H,18,19)(H2,13,14,15,20). The van der Waals surface area contributed by atoms with Crippen LogP contribution in [0.1, 0.15) is 37.3 Å². The highest BCUT2D eigenvalue weighted by Gasteiger charge is 2.26. The highest BCUT2D eigenvalue weighted by molar-refractivity contribution is 7.13. The average molecular weight is 313 g/mol. The van der Waals surface area contributed by atoms with E-state index in [0.29, 0.717) is 11.0 Å². The first-order valence-electron chi connectivity index (χ1n) is 6.43. The lowest BCUT2D eigenvalue weighted by Gasteiger charge is -2.13. The minimum Gasteiger partial charge on any atom is -0.481 e. The molecule has 0 aromatic carbocycles. The number of carbonyl (C=O) groups excluding carboxylic acids is 1. The monoisotopic (exact) mass is 313 g/mol. The van der Waals surface area contributed by atoms with E-state index in [9.17, 15) is 14.4 Å². The van der Waals surface area contributed by atoms with Gasteiger partial charge in [-0.25, -0.2) is 14.6 Å². The first-order valence-corrected chi connectivity index (χ1v) is 7.31. The number of nitrogens with one attached hydrogen (secondary N) is 2. The number of carboxylic acids is 2. The van der Waals surface area contributed by atoms with E-state index in [4.69, 9.17) is 10.2 Å². The molecule has 1 aromatic heterocycles. The van der Waals surface area contributed by atoms with Gasteiger partial charge in [0.15, 0.2) is 5.13 Å². The van der Waals surface area contributed by atoms with Crippen molar-refractivity contribution < 1.29 is 24.6 Å². The van der Waals surface area contributed by atoms with E-state index in [1.165, 1.54) is 11.3 Å². The van der Waals surface area contributed by atoms with Gasteiger partial charge in [0.1, 0.15) is 6.04 Å². The van der Waals surface area contributed by atoms with Crippen LogP contribution in [0.25, 0.3) is 0 Å². The van der Waals surface area contributed by atoms with Gasteiger partial charge >= 0.3 is 18.0 Å². The van der Waals surface area contributed by atoms with Crippen molar-refractivity contribution in [2.45, 2.75) is 37.6 Å². The number of aromatic nitrogens is 1. The molecular formula is C12H15N3O5S. The Morgan fingerprint density at radius 3 is 2.67 bits per heavy atom. The number of thiazole rings is 1. The highest BCUT2D eigenvalue weighted by atomic mass is 32.1. The Morgan fingerprint density at radius 2 is 2.10 bits per heavy atom. The van der Waals surface area contributed by atoms with Crippen LogP contribution in [0, 0.1) is 0 Å². The van der Waals surface area contributed by atoms with Gasteiger partial charge in [-0.05, 0) is 19.3 Å². The van der Waals surface area contributed by atoms with Crippen LogP contribution in [0.15, 0.2) is 5.38 Å². The zero-order valence-corrected chi connectivity index (χ0v) is 11.9. The van der Waals surface area contributed by atoms with Crippen LogP contribution in [0.3, 0.4) is 0 Å². The second-order valence-electron chi connectivity index (χ2n) is 4.77. The van der Waals surface area contributed by atoms with Gasteiger partial charge in [0.25, 0.3) is 0 Å². The van der Waals surface area contributed by atoms with Crippen LogP contribution < -0.4 is 10.6 Å². The van der Waals surface area contributed by atoms with Crippen molar-refractivity contribution in [1.82, 2.24) is 10.3 Å². The van der Waals surface area contributed by atoms with Gasteiger partial charge in [-0.3, -0.25) is 10.1 Å². The van der Waals surface area contributed by atoms with E-state index in [1.54, 1.807) is 0 Å². The molecule has 1 aliphatic rings. The van der Waals surface area contributed by atoms with Crippen LogP contribution in [-0.2, 0) is 9.59 Å². The molecule has 8 nitrogen and oxygen atoms in total. The zero-order valence-electron chi connectivity index (χ0n) is 11.0. The lowest BCUT2D eigenvalue weighted by atomic mass is 10.1. The van der Waals surface area contributed by atoms with Gasteiger partial charge in [-0.2, -0.15) is 0 Å². The van der Waals surface area contributed by atoms with Crippen LogP contribution in [0.2, 0.25) is 0 Å². The van der Waals surface area contributed by atoms with E-state index >= 15 is 0 Å². The van der Waals surface area contributed by atoms with Crippen molar-refractivity contribution in [3.63, 3.8) is 0 Å². The van der Waals surface area contributed by atoms with Crippen LogP contribution in [-0.4, -0.2) is 39.2 Å². The van der Waals surface area contributed by atoms with E-state index in [0.717, 1.165) is 18.5 Å². The molecule has 21 heavy (non-hydrogen) atoms. The number of hydrogen-bond donors (Lipinski definition) is 4. The summed E-state index contributed by atoms with van der Waals surface area (Å²) in [6, 6.07) is -1.95. The fourth-order valence-electron chi connectivity index (χ4n) is 1.73. The van der Waals surface area contributed by atoms with Gasteiger partial charge < -0.3 is 15.5 Å². The van der Waals surface area contributed by atoms with Crippen molar-refractivity contribution >= 4 is 34.4 Å². The first kappa shape index (κ1) is 15.2. The summed E-state index contributed by atoms with van der Waals surface area (Å²) < 4.78 is 0. The summed E-state index contributed by atoms with van der Waals surface area (Å²) in [5.74, 6) is -1.91. The molecule has 1 aliphatic carbocycles. The maximum atomic E-state index is 11.7. The SMILES string of the molecule is O=C(O)CCC(NC(=O)Nc1nc(C2CC2)cs1)C(=O)O. The van der Waals surface area contributed by atoms with Gasteiger partial charge in [0.2, 0.25) is 0 Å². The lowest BCUT2D eigenvalue weighted by molar-refractivity contribution is -0.140. The molecule has 0 bridgehead atoms. The number of anilines is 1. The predicted molar refractivity (Wildman–Crippen MR) is 74.5 cm³/mol. The molecule has 1 fully saturated rings. The number of carboxylic acid groups (broad SMARTS) is 2. The molecule has 1 saturated carbocycles. The Kier molecular flexibility index (Phi) is 4.73. The van der Waals surface area contributed by atoms with E-state index < -0.39 is 24.0 Å². The molecule has 1 unspecified atom stereocenters. The summed E-state index contributed by atoms with van der Waals surface area (Å²) in [5, 5.41) is 24.4. The van der Waals surface area contributed by atoms with Crippen molar-refractivity contribution in [3.05, 3.63) is 11.1 Å². The molecule has 114 valence electrons. The van der Waals surface area contributed by atoms with E-state index in [1.807, 2.05) is 5.38 Å². The minimum atomic E-state index is -1.27. The number of urea groups is 1. The smallest absolute Gasteiger partial charge is 0.326 e. The van der Waals surface area contributed by atoms with Crippen LogP contribution in [0.5, 0.6) is 0 Å². The van der Waals surface area contributed by atoms with Gasteiger partial charge in [0, 0.05) is 17.7 Å². The largest absolute Gasteiger partial charge is 0.481 e. The third kappa shape index (κ3) is 4.71. The number of rotatable bonds is 7.